The minimum absolute atomic E-state index is 0.442. The van der Waals surface area contributed by atoms with E-state index in [1.165, 1.54) is 51.7 Å². The van der Waals surface area contributed by atoms with Crippen molar-refractivity contribution >= 4 is 0 Å². The molecule has 0 saturated carbocycles. The largest absolute Gasteiger partial charge is 0.377 e. The molecule has 2 fully saturated rings. The van der Waals surface area contributed by atoms with Crippen LogP contribution in [0, 0.1) is 5.92 Å². The molecule has 3 nitrogen and oxygen atoms in total. The fourth-order valence-corrected chi connectivity index (χ4v) is 3.67. The summed E-state index contributed by atoms with van der Waals surface area (Å²) in [5, 5.41) is 3.80. The third-order valence-corrected chi connectivity index (χ3v) is 4.84. The normalized spacial score (nSPS) is 32.4. The second-order valence-electron chi connectivity index (χ2n) is 6.50. The fourth-order valence-electron chi connectivity index (χ4n) is 3.67. The lowest BCUT2D eigenvalue weighted by Crippen LogP contribution is -2.49. The average Bonchev–Trinajstić information content (AvgIpc) is 2.93. The zero-order chi connectivity index (χ0) is 13.7. The quantitative estimate of drug-likeness (QED) is 0.801. The number of hydrogen-bond donors (Lipinski definition) is 1. The van der Waals surface area contributed by atoms with Gasteiger partial charge in [0.15, 0.2) is 0 Å². The lowest BCUT2D eigenvalue weighted by atomic mass is 9.90. The van der Waals surface area contributed by atoms with E-state index in [1.54, 1.807) is 0 Å². The van der Waals surface area contributed by atoms with Crippen LogP contribution in [0.4, 0.5) is 0 Å². The minimum Gasteiger partial charge on any atom is -0.377 e. The molecular weight excluding hydrogens is 236 g/mol. The van der Waals surface area contributed by atoms with Crippen LogP contribution in [0.5, 0.6) is 0 Å². The Morgan fingerprint density at radius 2 is 2.05 bits per heavy atom. The Morgan fingerprint density at radius 1 is 1.21 bits per heavy atom. The van der Waals surface area contributed by atoms with Crippen LogP contribution in [0.15, 0.2) is 0 Å². The van der Waals surface area contributed by atoms with Crippen LogP contribution in [0.2, 0.25) is 0 Å². The molecule has 2 aliphatic heterocycles. The van der Waals surface area contributed by atoms with Crippen molar-refractivity contribution in [3.05, 3.63) is 0 Å². The highest BCUT2D eigenvalue weighted by Crippen LogP contribution is 2.22. The molecule has 2 heterocycles. The molecule has 3 heteroatoms. The van der Waals surface area contributed by atoms with Crippen LogP contribution < -0.4 is 5.32 Å². The van der Waals surface area contributed by atoms with Gasteiger partial charge < -0.3 is 15.0 Å². The molecule has 0 aliphatic carbocycles. The average molecular weight is 268 g/mol. The summed E-state index contributed by atoms with van der Waals surface area (Å²) in [6, 6.07) is 1.11. The zero-order valence-corrected chi connectivity index (χ0v) is 13.0. The lowest BCUT2D eigenvalue weighted by molar-refractivity contribution is 0.0714. The van der Waals surface area contributed by atoms with Crippen LogP contribution in [0.3, 0.4) is 0 Å². The molecule has 0 bridgehead atoms. The number of nitrogens with zero attached hydrogens (tertiary/aromatic N) is 1. The molecule has 1 N–H and O–H groups in total. The number of piperidine rings is 1. The standard InChI is InChI=1S/C16H32N2O/c1-4-9-18-10-5-7-15(12-18)13(2)17-14(3)16-8-6-11-19-16/h13-17H,4-12H2,1-3H3. The van der Waals surface area contributed by atoms with E-state index in [0.29, 0.717) is 18.2 Å². The van der Waals surface area contributed by atoms with E-state index in [1.807, 2.05) is 0 Å². The number of ether oxygens (including phenoxy) is 1. The first-order valence-corrected chi connectivity index (χ1v) is 8.30. The van der Waals surface area contributed by atoms with Crippen LogP contribution in [-0.4, -0.2) is 49.3 Å². The number of rotatable bonds is 6. The topological polar surface area (TPSA) is 24.5 Å². The van der Waals surface area contributed by atoms with Gasteiger partial charge in [0, 0.05) is 25.2 Å². The van der Waals surface area contributed by atoms with Crippen molar-refractivity contribution in [2.24, 2.45) is 5.92 Å². The van der Waals surface area contributed by atoms with Gasteiger partial charge in [-0.1, -0.05) is 6.92 Å². The minimum atomic E-state index is 0.442. The summed E-state index contributed by atoms with van der Waals surface area (Å²) in [7, 11) is 0. The van der Waals surface area contributed by atoms with Crippen molar-refractivity contribution in [3.8, 4) is 0 Å². The van der Waals surface area contributed by atoms with E-state index in [9.17, 15) is 0 Å². The van der Waals surface area contributed by atoms with Crippen molar-refractivity contribution in [3.63, 3.8) is 0 Å². The number of nitrogens with one attached hydrogen (secondary N) is 1. The predicted molar refractivity (Wildman–Crippen MR) is 80.5 cm³/mol. The summed E-state index contributed by atoms with van der Waals surface area (Å²) in [6.45, 7) is 11.7. The van der Waals surface area contributed by atoms with E-state index in [0.717, 1.165) is 12.5 Å². The van der Waals surface area contributed by atoms with Crippen molar-refractivity contribution in [1.29, 1.82) is 0 Å². The SMILES string of the molecule is CCCN1CCCC(C(C)NC(C)C2CCCO2)C1. The first-order chi connectivity index (χ1) is 9.20. The van der Waals surface area contributed by atoms with Gasteiger partial charge in [0.2, 0.25) is 0 Å². The van der Waals surface area contributed by atoms with E-state index in [4.69, 9.17) is 4.74 Å². The summed E-state index contributed by atoms with van der Waals surface area (Å²) >= 11 is 0. The predicted octanol–water partition coefficient (Wildman–Crippen LogP) is 2.65. The Bertz CT molecular complexity index is 251. The lowest BCUT2D eigenvalue weighted by Gasteiger charge is -2.37. The van der Waals surface area contributed by atoms with Crippen LogP contribution >= 0.6 is 0 Å². The molecule has 112 valence electrons. The van der Waals surface area contributed by atoms with Crippen LogP contribution in [-0.2, 0) is 4.74 Å². The maximum atomic E-state index is 5.79. The van der Waals surface area contributed by atoms with Gasteiger partial charge in [0.25, 0.3) is 0 Å². The summed E-state index contributed by atoms with van der Waals surface area (Å²) in [5.41, 5.74) is 0. The molecule has 4 atom stereocenters. The van der Waals surface area contributed by atoms with Crippen LogP contribution in [0.1, 0.15) is 52.9 Å². The molecule has 2 aliphatic rings. The van der Waals surface area contributed by atoms with Gasteiger partial charge in [-0.15, -0.1) is 0 Å². The Hall–Kier alpha value is -0.120. The highest BCUT2D eigenvalue weighted by molar-refractivity contribution is 4.85. The van der Waals surface area contributed by atoms with E-state index in [-0.39, 0.29) is 0 Å². The fraction of sp³-hybridized carbons (Fsp3) is 1.00. The van der Waals surface area contributed by atoms with Gasteiger partial charge in [-0.25, -0.2) is 0 Å². The van der Waals surface area contributed by atoms with Crippen molar-refractivity contribution < 1.29 is 4.74 Å². The molecule has 0 amide bonds. The third-order valence-electron chi connectivity index (χ3n) is 4.84. The van der Waals surface area contributed by atoms with Gasteiger partial charge >= 0.3 is 0 Å². The van der Waals surface area contributed by atoms with Crippen molar-refractivity contribution in [2.75, 3.05) is 26.2 Å². The van der Waals surface area contributed by atoms with Gasteiger partial charge in [-0.2, -0.15) is 0 Å². The molecule has 19 heavy (non-hydrogen) atoms. The Morgan fingerprint density at radius 3 is 2.74 bits per heavy atom. The summed E-state index contributed by atoms with van der Waals surface area (Å²) in [5.74, 6) is 0.809. The maximum Gasteiger partial charge on any atom is 0.0726 e. The Balaban J connectivity index is 1.76. The van der Waals surface area contributed by atoms with E-state index < -0.39 is 0 Å². The molecule has 4 unspecified atom stereocenters. The smallest absolute Gasteiger partial charge is 0.0726 e. The Kier molecular flexibility index (Phi) is 6.11. The molecule has 0 radical (unpaired) electrons. The summed E-state index contributed by atoms with van der Waals surface area (Å²) in [6.07, 6.45) is 6.93. The molecule has 2 rings (SSSR count). The van der Waals surface area contributed by atoms with Gasteiger partial charge in [0.1, 0.15) is 0 Å². The first-order valence-electron chi connectivity index (χ1n) is 8.30. The maximum absolute atomic E-state index is 5.79. The molecular formula is C16H32N2O. The second kappa shape index (κ2) is 7.61. The summed E-state index contributed by atoms with van der Waals surface area (Å²) < 4.78 is 5.79. The van der Waals surface area contributed by atoms with Gasteiger partial charge in [-0.05, 0) is 65.0 Å². The zero-order valence-electron chi connectivity index (χ0n) is 13.0. The molecule has 0 aromatic carbocycles. The van der Waals surface area contributed by atoms with Crippen molar-refractivity contribution in [2.45, 2.75) is 71.1 Å². The van der Waals surface area contributed by atoms with Gasteiger partial charge in [0.05, 0.1) is 6.10 Å². The Labute approximate surface area is 119 Å². The molecule has 0 spiro atoms. The van der Waals surface area contributed by atoms with Crippen LogP contribution in [0.25, 0.3) is 0 Å². The number of hydrogen-bond acceptors (Lipinski definition) is 3. The highest BCUT2D eigenvalue weighted by Gasteiger charge is 2.28. The van der Waals surface area contributed by atoms with Crippen molar-refractivity contribution in [1.82, 2.24) is 10.2 Å². The molecule has 0 aromatic rings. The summed E-state index contributed by atoms with van der Waals surface area (Å²) in [4.78, 5) is 2.64. The van der Waals surface area contributed by atoms with E-state index in [2.05, 4.69) is 31.0 Å². The second-order valence-corrected chi connectivity index (χ2v) is 6.50. The third kappa shape index (κ3) is 4.44. The molecule has 2 saturated heterocycles. The molecule has 0 aromatic heterocycles. The number of likely N-dealkylation sites (tertiary alicyclic amines) is 1. The monoisotopic (exact) mass is 268 g/mol. The van der Waals surface area contributed by atoms with Gasteiger partial charge in [-0.3, -0.25) is 0 Å². The first kappa shape index (κ1) is 15.3. The highest BCUT2D eigenvalue weighted by atomic mass is 16.5. The van der Waals surface area contributed by atoms with E-state index >= 15 is 0 Å².